The van der Waals surface area contributed by atoms with Gasteiger partial charge in [0.25, 0.3) is 0 Å². The number of hydrogen-bond donors (Lipinski definition) is 2. The van der Waals surface area contributed by atoms with E-state index in [0.717, 1.165) is 38.8 Å². The summed E-state index contributed by atoms with van der Waals surface area (Å²) < 4.78 is 0. The van der Waals surface area contributed by atoms with Crippen molar-refractivity contribution in [1.82, 2.24) is 20.4 Å². The third-order valence-electron chi connectivity index (χ3n) is 5.17. The molecule has 2 aliphatic rings. The fourth-order valence-electron chi connectivity index (χ4n) is 3.81. The van der Waals surface area contributed by atoms with Crippen LogP contribution in [0.3, 0.4) is 0 Å². The number of piperidine rings is 1. The smallest absolute Gasteiger partial charge is 0.234 e. The van der Waals surface area contributed by atoms with Crippen LogP contribution in [-0.2, 0) is 4.79 Å². The highest BCUT2D eigenvalue weighted by molar-refractivity contribution is 5.78. The van der Waals surface area contributed by atoms with Crippen LogP contribution in [-0.4, -0.2) is 46.7 Å². The van der Waals surface area contributed by atoms with Crippen LogP contribution < -0.4 is 5.32 Å². The fraction of sp³-hybridized carbons (Fsp3) is 0.765. The van der Waals surface area contributed by atoms with Crippen molar-refractivity contribution in [2.45, 2.75) is 63.3 Å². The van der Waals surface area contributed by atoms with Gasteiger partial charge in [0, 0.05) is 12.2 Å². The maximum Gasteiger partial charge on any atom is 0.234 e. The third-order valence-corrected chi connectivity index (χ3v) is 5.17. The largest absolute Gasteiger partial charge is 0.352 e. The molecule has 5 heteroatoms. The Morgan fingerprint density at radius 1 is 1.18 bits per heavy atom. The Hall–Kier alpha value is -1.36. The van der Waals surface area contributed by atoms with E-state index in [4.69, 9.17) is 0 Å². The molecule has 0 spiro atoms. The Bertz CT molecular complexity index is 443. The highest BCUT2D eigenvalue weighted by Crippen LogP contribution is 2.26. The first kappa shape index (κ1) is 15.5. The average molecular weight is 304 g/mol. The van der Waals surface area contributed by atoms with Crippen LogP contribution in [0.25, 0.3) is 0 Å². The number of aromatic nitrogens is 2. The number of hydrogen-bond acceptors (Lipinski definition) is 3. The van der Waals surface area contributed by atoms with E-state index < -0.39 is 0 Å². The van der Waals surface area contributed by atoms with Gasteiger partial charge in [-0.05, 0) is 50.3 Å². The lowest BCUT2D eigenvalue weighted by Gasteiger charge is -2.31. The first-order valence-electron chi connectivity index (χ1n) is 8.81. The average Bonchev–Trinajstić information content (AvgIpc) is 2.94. The van der Waals surface area contributed by atoms with Crippen molar-refractivity contribution in [3.8, 4) is 0 Å². The summed E-state index contributed by atoms with van der Waals surface area (Å²) in [4.78, 5) is 14.5. The number of carbonyl (C=O) groups is 1. The zero-order valence-electron chi connectivity index (χ0n) is 13.4. The standard InChI is InChI=1S/C17H28N4O/c22-17(20-16-5-3-1-2-4-6-16)13-21-9-7-14(8-10-21)15-11-18-19-12-15/h11-12,14,16H,1-10,13H2,(H,18,19)(H,20,22). The van der Waals surface area contributed by atoms with Crippen LogP contribution in [0.2, 0.25) is 0 Å². The molecule has 1 aromatic rings. The molecule has 0 radical (unpaired) electrons. The summed E-state index contributed by atoms with van der Waals surface area (Å²) in [5.74, 6) is 0.813. The number of carbonyl (C=O) groups excluding carboxylic acids is 1. The zero-order valence-corrected chi connectivity index (χ0v) is 13.4. The van der Waals surface area contributed by atoms with Crippen molar-refractivity contribution in [2.75, 3.05) is 19.6 Å². The molecule has 1 aromatic heterocycles. The van der Waals surface area contributed by atoms with Crippen molar-refractivity contribution < 1.29 is 4.79 Å². The van der Waals surface area contributed by atoms with Gasteiger partial charge in [-0.1, -0.05) is 25.7 Å². The molecule has 2 N–H and O–H groups in total. The summed E-state index contributed by atoms with van der Waals surface area (Å²) in [5.41, 5.74) is 1.31. The topological polar surface area (TPSA) is 61.0 Å². The van der Waals surface area contributed by atoms with Crippen LogP contribution in [0.15, 0.2) is 12.4 Å². The Balaban J connectivity index is 1.39. The van der Waals surface area contributed by atoms with Gasteiger partial charge in [-0.25, -0.2) is 0 Å². The summed E-state index contributed by atoms with van der Waals surface area (Å²) >= 11 is 0. The van der Waals surface area contributed by atoms with Crippen LogP contribution in [0.5, 0.6) is 0 Å². The van der Waals surface area contributed by atoms with Gasteiger partial charge < -0.3 is 5.32 Å². The predicted molar refractivity (Wildman–Crippen MR) is 86.6 cm³/mol. The first-order chi connectivity index (χ1) is 10.8. The maximum atomic E-state index is 12.2. The van der Waals surface area contributed by atoms with Gasteiger partial charge in [-0.15, -0.1) is 0 Å². The van der Waals surface area contributed by atoms with Gasteiger partial charge in [-0.3, -0.25) is 14.8 Å². The van der Waals surface area contributed by atoms with E-state index in [1.54, 1.807) is 0 Å². The van der Waals surface area contributed by atoms with E-state index in [2.05, 4.69) is 20.4 Å². The van der Waals surface area contributed by atoms with Gasteiger partial charge in [0.1, 0.15) is 0 Å². The second-order valence-corrected chi connectivity index (χ2v) is 6.84. The molecule has 22 heavy (non-hydrogen) atoms. The normalized spacial score (nSPS) is 22.4. The highest BCUT2D eigenvalue weighted by Gasteiger charge is 2.23. The molecule has 1 saturated heterocycles. The molecule has 1 saturated carbocycles. The summed E-state index contributed by atoms with van der Waals surface area (Å²) in [6, 6.07) is 0.415. The number of nitrogens with zero attached hydrogens (tertiary/aromatic N) is 2. The minimum Gasteiger partial charge on any atom is -0.352 e. The van der Waals surface area contributed by atoms with Gasteiger partial charge in [0.15, 0.2) is 0 Å². The molecule has 122 valence electrons. The second kappa shape index (κ2) is 7.77. The predicted octanol–water partition coefficient (Wildman–Crippen LogP) is 2.43. The van der Waals surface area contributed by atoms with Crippen molar-refractivity contribution in [2.24, 2.45) is 0 Å². The molecule has 2 fully saturated rings. The van der Waals surface area contributed by atoms with E-state index in [1.807, 2.05) is 12.4 Å². The highest BCUT2D eigenvalue weighted by atomic mass is 16.2. The summed E-state index contributed by atoms with van der Waals surface area (Å²) in [5, 5.41) is 10.2. The lowest BCUT2D eigenvalue weighted by Crippen LogP contribution is -2.44. The number of nitrogens with one attached hydrogen (secondary N) is 2. The monoisotopic (exact) mass is 304 g/mol. The second-order valence-electron chi connectivity index (χ2n) is 6.84. The Labute approximate surface area is 132 Å². The van der Waals surface area contributed by atoms with Crippen molar-refractivity contribution in [3.63, 3.8) is 0 Å². The SMILES string of the molecule is O=C(CN1CCC(c2cn[nH]c2)CC1)NC1CCCCCC1. The van der Waals surface area contributed by atoms with Crippen molar-refractivity contribution in [1.29, 1.82) is 0 Å². The van der Waals surface area contributed by atoms with E-state index in [-0.39, 0.29) is 5.91 Å². The lowest BCUT2D eigenvalue weighted by molar-refractivity contribution is -0.123. The molecule has 3 rings (SSSR count). The van der Waals surface area contributed by atoms with Crippen LogP contribution >= 0.6 is 0 Å². The van der Waals surface area contributed by atoms with Crippen molar-refractivity contribution in [3.05, 3.63) is 18.0 Å². The van der Waals surface area contributed by atoms with Gasteiger partial charge in [0.2, 0.25) is 5.91 Å². The molecule has 0 bridgehead atoms. The number of likely N-dealkylation sites (tertiary alicyclic amines) is 1. The zero-order chi connectivity index (χ0) is 15.2. The number of H-pyrrole nitrogens is 1. The Kier molecular flexibility index (Phi) is 5.48. The number of rotatable bonds is 4. The van der Waals surface area contributed by atoms with E-state index in [0.29, 0.717) is 18.5 Å². The number of amides is 1. The minimum absolute atomic E-state index is 0.216. The number of aromatic amines is 1. The van der Waals surface area contributed by atoms with E-state index >= 15 is 0 Å². The first-order valence-corrected chi connectivity index (χ1v) is 8.81. The van der Waals surface area contributed by atoms with Crippen LogP contribution in [0, 0.1) is 0 Å². The van der Waals surface area contributed by atoms with Gasteiger partial charge in [0.05, 0.1) is 12.7 Å². The molecule has 2 heterocycles. The summed E-state index contributed by atoms with van der Waals surface area (Å²) in [7, 11) is 0. The molecule has 0 unspecified atom stereocenters. The Morgan fingerprint density at radius 3 is 2.55 bits per heavy atom. The molecule has 1 amide bonds. The van der Waals surface area contributed by atoms with E-state index in [1.165, 1.54) is 31.2 Å². The summed E-state index contributed by atoms with van der Waals surface area (Å²) in [6.45, 7) is 2.58. The Morgan fingerprint density at radius 2 is 1.91 bits per heavy atom. The molecule has 0 atom stereocenters. The lowest BCUT2D eigenvalue weighted by atomic mass is 9.91. The summed E-state index contributed by atoms with van der Waals surface area (Å²) in [6.07, 6.45) is 13.7. The van der Waals surface area contributed by atoms with Crippen LogP contribution in [0.4, 0.5) is 0 Å². The quantitative estimate of drug-likeness (QED) is 0.840. The fourth-order valence-corrected chi connectivity index (χ4v) is 3.81. The maximum absolute atomic E-state index is 12.2. The molecule has 1 aliphatic carbocycles. The van der Waals surface area contributed by atoms with Crippen molar-refractivity contribution >= 4 is 5.91 Å². The molecular formula is C17H28N4O. The van der Waals surface area contributed by atoms with Crippen LogP contribution in [0.1, 0.15) is 62.8 Å². The molecular weight excluding hydrogens is 276 g/mol. The minimum atomic E-state index is 0.216. The molecule has 0 aromatic carbocycles. The van der Waals surface area contributed by atoms with Gasteiger partial charge >= 0.3 is 0 Å². The third kappa shape index (κ3) is 4.32. The van der Waals surface area contributed by atoms with E-state index in [9.17, 15) is 4.79 Å². The molecule has 1 aliphatic heterocycles. The van der Waals surface area contributed by atoms with Gasteiger partial charge in [-0.2, -0.15) is 5.10 Å². The molecule has 5 nitrogen and oxygen atoms in total.